The summed E-state index contributed by atoms with van der Waals surface area (Å²) in [5, 5.41) is 12.1. The molecule has 0 aromatic heterocycles. The molecule has 4 nitrogen and oxygen atoms in total. The molecule has 4 atom stereocenters. The Balaban J connectivity index is 1.49. The topological polar surface area (TPSA) is 66.4 Å². The summed E-state index contributed by atoms with van der Waals surface area (Å²) in [6.45, 7) is 0. The van der Waals surface area contributed by atoms with E-state index in [4.69, 9.17) is 5.11 Å². The van der Waals surface area contributed by atoms with Gasteiger partial charge in [-0.3, -0.25) is 9.59 Å². The van der Waals surface area contributed by atoms with Crippen molar-refractivity contribution >= 4 is 11.9 Å². The lowest BCUT2D eigenvalue weighted by Gasteiger charge is -2.28. The van der Waals surface area contributed by atoms with Gasteiger partial charge in [-0.05, 0) is 50.4 Å². The van der Waals surface area contributed by atoms with Gasteiger partial charge in [-0.1, -0.05) is 6.42 Å². The molecule has 3 aliphatic rings. The number of carboxylic acid groups (broad SMARTS) is 1. The van der Waals surface area contributed by atoms with Crippen molar-refractivity contribution in [2.45, 2.75) is 51.0 Å². The maximum Gasteiger partial charge on any atom is 0.306 e. The first-order chi connectivity index (χ1) is 8.63. The van der Waals surface area contributed by atoms with E-state index in [1.807, 2.05) is 0 Å². The number of rotatable bonds is 3. The van der Waals surface area contributed by atoms with Crippen LogP contribution in [0.3, 0.4) is 0 Å². The summed E-state index contributed by atoms with van der Waals surface area (Å²) in [5.41, 5.74) is 0. The fourth-order valence-electron chi connectivity index (χ4n) is 3.79. The molecular formula is C14H21NO3. The van der Waals surface area contributed by atoms with Gasteiger partial charge < -0.3 is 10.4 Å². The quantitative estimate of drug-likeness (QED) is 0.803. The van der Waals surface area contributed by atoms with E-state index < -0.39 is 5.97 Å². The number of carbonyl (C=O) groups excluding carboxylic acids is 1. The summed E-state index contributed by atoms with van der Waals surface area (Å²) in [7, 11) is 0. The van der Waals surface area contributed by atoms with Crippen molar-refractivity contribution in [3.05, 3.63) is 0 Å². The van der Waals surface area contributed by atoms with Gasteiger partial charge in [-0.15, -0.1) is 0 Å². The number of hydrogen-bond acceptors (Lipinski definition) is 2. The molecule has 1 amide bonds. The molecule has 3 rings (SSSR count). The van der Waals surface area contributed by atoms with Gasteiger partial charge in [0.1, 0.15) is 0 Å². The smallest absolute Gasteiger partial charge is 0.306 e. The van der Waals surface area contributed by atoms with Crippen LogP contribution in [0.1, 0.15) is 44.9 Å². The van der Waals surface area contributed by atoms with Crippen molar-refractivity contribution in [2.24, 2.45) is 23.7 Å². The minimum absolute atomic E-state index is 0.0873. The second-order valence-corrected chi connectivity index (χ2v) is 6.33. The number of nitrogens with one attached hydrogen (secondary N) is 1. The highest BCUT2D eigenvalue weighted by Gasteiger charge is 2.48. The summed E-state index contributed by atoms with van der Waals surface area (Å²) in [6.07, 6.45) is 6.67. The number of amides is 1. The molecule has 4 heteroatoms. The van der Waals surface area contributed by atoms with Gasteiger partial charge in [0, 0.05) is 12.0 Å². The highest BCUT2D eigenvalue weighted by Crippen LogP contribution is 2.54. The molecule has 3 saturated carbocycles. The molecule has 0 spiro atoms. The van der Waals surface area contributed by atoms with Crippen LogP contribution in [-0.2, 0) is 9.59 Å². The second kappa shape index (κ2) is 4.56. The lowest BCUT2D eigenvalue weighted by molar-refractivity contribution is -0.143. The Morgan fingerprint density at radius 3 is 2.33 bits per heavy atom. The van der Waals surface area contributed by atoms with Crippen molar-refractivity contribution in [3.63, 3.8) is 0 Å². The van der Waals surface area contributed by atoms with E-state index in [0.717, 1.165) is 43.9 Å². The molecule has 3 aliphatic carbocycles. The van der Waals surface area contributed by atoms with E-state index in [1.54, 1.807) is 0 Å². The number of fused-ring (bicyclic) bond motifs is 1. The maximum atomic E-state index is 12.1. The number of carbonyl (C=O) groups is 2. The Labute approximate surface area is 107 Å². The van der Waals surface area contributed by atoms with Gasteiger partial charge in [-0.2, -0.15) is 0 Å². The van der Waals surface area contributed by atoms with E-state index in [9.17, 15) is 9.59 Å². The lowest BCUT2D eigenvalue weighted by atomic mass is 9.85. The van der Waals surface area contributed by atoms with Crippen LogP contribution in [0.2, 0.25) is 0 Å². The third-order valence-electron chi connectivity index (χ3n) is 4.98. The molecule has 100 valence electrons. The largest absolute Gasteiger partial charge is 0.481 e. The first-order valence-electron chi connectivity index (χ1n) is 7.16. The summed E-state index contributed by atoms with van der Waals surface area (Å²) >= 11 is 0. The zero-order valence-electron chi connectivity index (χ0n) is 10.6. The molecule has 0 heterocycles. The fraction of sp³-hybridized carbons (Fsp3) is 0.857. The molecular weight excluding hydrogens is 230 g/mol. The van der Waals surface area contributed by atoms with Crippen LogP contribution in [0.5, 0.6) is 0 Å². The van der Waals surface area contributed by atoms with Crippen molar-refractivity contribution in [1.29, 1.82) is 0 Å². The molecule has 0 bridgehead atoms. The van der Waals surface area contributed by atoms with E-state index in [0.29, 0.717) is 6.42 Å². The van der Waals surface area contributed by atoms with E-state index in [2.05, 4.69) is 5.32 Å². The molecule has 4 unspecified atom stereocenters. The highest BCUT2D eigenvalue weighted by atomic mass is 16.4. The van der Waals surface area contributed by atoms with Gasteiger partial charge in [0.2, 0.25) is 5.91 Å². The Hall–Kier alpha value is -1.06. The van der Waals surface area contributed by atoms with Crippen LogP contribution in [0, 0.1) is 23.7 Å². The standard InChI is InChI=1S/C14H21NO3/c16-13(11-5-9-4-10(9)6-11)15-12-3-1-2-8(7-12)14(17)18/h8-12H,1-7H2,(H,15,16)(H,17,18). The number of hydrogen-bond donors (Lipinski definition) is 2. The zero-order chi connectivity index (χ0) is 12.7. The maximum absolute atomic E-state index is 12.1. The average molecular weight is 251 g/mol. The van der Waals surface area contributed by atoms with Gasteiger partial charge in [-0.25, -0.2) is 0 Å². The van der Waals surface area contributed by atoms with Crippen molar-refractivity contribution in [2.75, 3.05) is 0 Å². The number of aliphatic carboxylic acids is 1. The first-order valence-corrected chi connectivity index (χ1v) is 7.16. The normalized spacial score (nSPS) is 42.1. The average Bonchev–Trinajstić information content (AvgIpc) is 2.96. The second-order valence-electron chi connectivity index (χ2n) is 6.33. The zero-order valence-corrected chi connectivity index (χ0v) is 10.6. The van der Waals surface area contributed by atoms with Gasteiger partial charge >= 0.3 is 5.97 Å². The Morgan fingerprint density at radius 2 is 1.67 bits per heavy atom. The van der Waals surface area contributed by atoms with Crippen LogP contribution in [0.15, 0.2) is 0 Å². The van der Waals surface area contributed by atoms with Crippen LogP contribution in [0.25, 0.3) is 0 Å². The van der Waals surface area contributed by atoms with Crippen LogP contribution in [-0.4, -0.2) is 23.0 Å². The Morgan fingerprint density at radius 1 is 0.944 bits per heavy atom. The highest BCUT2D eigenvalue weighted by molar-refractivity contribution is 5.79. The van der Waals surface area contributed by atoms with Gasteiger partial charge in [0.25, 0.3) is 0 Å². The monoisotopic (exact) mass is 251 g/mol. The third-order valence-corrected chi connectivity index (χ3v) is 4.98. The van der Waals surface area contributed by atoms with Gasteiger partial charge in [0.05, 0.1) is 5.92 Å². The van der Waals surface area contributed by atoms with E-state index >= 15 is 0 Å². The van der Waals surface area contributed by atoms with Crippen LogP contribution < -0.4 is 5.32 Å². The van der Waals surface area contributed by atoms with Crippen molar-refractivity contribution in [3.8, 4) is 0 Å². The SMILES string of the molecule is O=C(O)C1CCCC(NC(=O)C2CC3CC3C2)C1. The summed E-state index contributed by atoms with van der Waals surface area (Å²) in [6, 6.07) is 0.0873. The van der Waals surface area contributed by atoms with Crippen LogP contribution >= 0.6 is 0 Å². The molecule has 0 aliphatic heterocycles. The van der Waals surface area contributed by atoms with Crippen molar-refractivity contribution in [1.82, 2.24) is 5.32 Å². The summed E-state index contributed by atoms with van der Waals surface area (Å²) < 4.78 is 0. The molecule has 0 aromatic rings. The van der Waals surface area contributed by atoms with Crippen molar-refractivity contribution < 1.29 is 14.7 Å². The number of carboxylic acids is 1. The fourth-order valence-corrected chi connectivity index (χ4v) is 3.79. The summed E-state index contributed by atoms with van der Waals surface area (Å²) in [5.74, 6) is 1.05. The minimum atomic E-state index is -0.712. The molecule has 0 saturated heterocycles. The lowest BCUT2D eigenvalue weighted by Crippen LogP contribution is -2.42. The van der Waals surface area contributed by atoms with E-state index in [-0.39, 0.29) is 23.8 Å². The summed E-state index contributed by atoms with van der Waals surface area (Å²) in [4.78, 5) is 23.1. The third kappa shape index (κ3) is 2.38. The Kier molecular flexibility index (Phi) is 3.04. The minimum Gasteiger partial charge on any atom is -0.481 e. The molecule has 0 radical (unpaired) electrons. The van der Waals surface area contributed by atoms with Crippen LogP contribution in [0.4, 0.5) is 0 Å². The predicted molar refractivity (Wildman–Crippen MR) is 65.8 cm³/mol. The Bertz CT molecular complexity index is 358. The molecule has 0 aromatic carbocycles. The predicted octanol–water partition coefficient (Wildman–Crippen LogP) is 1.79. The molecule has 18 heavy (non-hydrogen) atoms. The molecule has 3 fully saturated rings. The first kappa shape index (κ1) is 12.0. The van der Waals surface area contributed by atoms with Gasteiger partial charge in [0.15, 0.2) is 0 Å². The van der Waals surface area contributed by atoms with E-state index in [1.165, 1.54) is 6.42 Å². The molecule has 2 N–H and O–H groups in total.